The third-order valence-electron chi connectivity index (χ3n) is 6.27. The van der Waals surface area contributed by atoms with Gasteiger partial charge < -0.3 is 5.11 Å². The van der Waals surface area contributed by atoms with Crippen LogP contribution in [0, 0.1) is 0 Å². The average Bonchev–Trinajstić information content (AvgIpc) is 2.63. The van der Waals surface area contributed by atoms with Crippen LogP contribution in [-0.4, -0.2) is 29.1 Å². The normalized spacial score (nSPS) is 26.5. The van der Waals surface area contributed by atoms with Gasteiger partial charge in [-0.1, -0.05) is 42.3 Å². The molecule has 0 radical (unpaired) electrons. The Bertz CT molecular complexity index is 729. The Kier molecular flexibility index (Phi) is 4.75. The molecular weight excluding hydrogens is 330 g/mol. The van der Waals surface area contributed by atoms with E-state index in [1.807, 2.05) is 24.3 Å². The van der Waals surface area contributed by atoms with E-state index in [1.165, 1.54) is 43.2 Å². The predicted octanol–water partition coefficient (Wildman–Crippen LogP) is 5.17. The molecule has 2 aliphatic rings. The summed E-state index contributed by atoms with van der Waals surface area (Å²) in [5.41, 5.74) is 2.98. The molecule has 1 aliphatic heterocycles. The molecule has 2 aromatic rings. The molecule has 0 aromatic heterocycles. The van der Waals surface area contributed by atoms with E-state index in [1.54, 1.807) is 6.07 Å². The molecule has 1 heterocycles. The highest BCUT2D eigenvalue weighted by molar-refractivity contribution is 6.30. The van der Waals surface area contributed by atoms with Crippen molar-refractivity contribution in [1.82, 2.24) is 4.90 Å². The molecule has 0 spiro atoms. The molecule has 1 aliphatic carbocycles. The molecule has 2 aromatic carbocycles. The fourth-order valence-electron chi connectivity index (χ4n) is 4.87. The molecule has 2 bridgehead atoms. The molecule has 2 nitrogen and oxygen atoms in total. The number of piperidine rings is 1. The molecule has 0 amide bonds. The van der Waals surface area contributed by atoms with E-state index in [0.29, 0.717) is 11.8 Å². The lowest BCUT2D eigenvalue weighted by molar-refractivity contribution is 0.0524. The van der Waals surface area contributed by atoms with Crippen LogP contribution in [0.25, 0.3) is 0 Å². The minimum Gasteiger partial charge on any atom is -0.508 e. The van der Waals surface area contributed by atoms with Crippen LogP contribution < -0.4 is 0 Å². The van der Waals surface area contributed by atoms with Crippen molar-refractivity contribution in [2.24, 2.45) is 0 Å². The second-order valence-electron chi connectivity index (χ2n) is 7.74. The van der Waals surface area contributed by atoms with Gasteiger partial charge in [-0.3, -0.25) is 4.90 Å². The number of aromatic hydroxyl groups is 1. The molecule has 3 heteroatoms. The number of halogens is 1. The van der Waals surface area contributed by atoms with E-state index >= 15 is 0 Å². The van der Waals surface area contributed by atoms with Gasteiger partial charge in [0.05, 0.1) is 0 Å². The Morgan fingerprint density at radius 3 is 2.76 bits per heavy atom. The first-order valence-corrected chi connectivity index (χ1v) is 9.80. The van der Waals surface area contributed by atoms with E-state index in [4.69, 9.17) is 11.6 Å². The zero-order chi connectivity index (χ0) is 17.3. The molecule has 2 fully saturated rings. The van der Waals surface area contributed by atoms with Crippen LogP contribution in [0.4, 0.5) is 0 Å². The number of likely N-dealkylation sites (tertiary alicyclic amines) is 1. The van der Waals surface area contributed by atoms with Gasteiger partial charge in [0.15, 0.2) is 0 Å². The fraction of sp³-hybridized carbons (Fsp3) is 0.455. The first-order chi connectivity index (χ1) is 12.1. The number of fused-ring (bicyclic) bond motifs is 2. The minimum atomic E-state index is 0.276. The lowest BCUT2D eigenvalue weighted by atomic mass is 9.63. The van der Waals surface area contributed by atoms with Crippen molar-refractivity contribution in [3.05, 3.63) is 64.7 Å². The summed E-state index contributed by atoms with van der Waals surface area (Å²) in [5, 5.41) is 10.7. The lowest BCUT2D eigenvalue weighted by Crippen LogP contribution is -2.52. The molecule has 25 heavy (non-hydrogen) atoms. The quantitative estimate of drug-likeness (QED) is 0.817. The number of hydrogen-bond donors (Lipinski definition) is 1. The largest absolute Gasteiger partial charge is 0.508 e. The molecule has 1 saturated heterocycles. The van der Waals surface area contributed by atoms with Crippen LogP contribution in [0.1, 0.15) is 43.2 Å². The van der Waals surface area contributed by atoms with E-state index < -0.39 is 0 Å². The standard InChI is InChI=1S/C22H26ClNO/c23-19-8-6-17(7-9-19)10-13-24-14-12-22(11-2-4-20(24)16-22)18-3-1-5-21(25)15-18/h1,3,5-9,15,20,25H,2,4,10-14,16H2/t20-,22+/m1/s1. The van der Waals surface area contributed by atoms with Crippen molar-refractivity contribution in [1.29, 1.82) is 0 Å². The molecule has 4 rings (SSSR count). The highest BCUT2D eigenvalue weighted by Crippen LogP contribution is 2.47. The summed E-state index contributed by atoms with van der Waals surface area (Å²) in [6, 6.07) is 16.9. The van der Waals surface area contributed by atoms with Gasteiger partial charge in [-0.25, -0.2) is 0 Å². The second kappa shape index (κ2) is 7.01. The lowest BCUT2D eigenvalue weighted by Gasteiger charge is -2.51. The third-order valence-corrected chi connectivity index (χ3v) is 6.52. The van der Waals surface area contributed by atoms with Gasteiger partial charge >= 0.3 is 0 Å². The van der Waals surface area contributed by atoms with Gasteiger partial charge in [-0.05, 0) is 79.5 Å². The summed E-state index contributed by atoms with van der Waals surface area (Å²) in [6.07, 6.45) is 7.38. The number of hydrogen-bond acceptors (Lipinski definition) is 2. The summed E-state index contributed by atoms with van der Waals surface area (Å²) in [4.78, 5) is 2.69. The highest BCUT2D eigenvalue weighted by atomic mass is 35.5. The zero-order valence-electron chi connectivity index (χ0n) is 14.6. The third kappa shape index (κ3) is 3.56. The van der Waals surface area contributed by atoms with Gasteiger partial charge in [-0.15, -0.1) is 0 Å². The van der Waals surface area contributed by atoms with Crippen molar-refractivity contribution in [2.45, 2.75) is 50.0 Å². The summed E-state index contributed by atoms with van der Waals surface area (Å²) >= 11 is 5.99. The van der Waals surface area contributed by atoms with Gasteiger partial charge in [0.2, 0.25) is 0 Å². The van der Waals surface area contributed by atoms with Crippen LogP contribution in [0.5, 0.6) is 5.75 Å². The second-order valence-corrected chi connectivity index (χ2v) is 8.18. The van der Waals surface area contributed by atoms with Gasteiger partial charge in [0.1, 0.15) is 5.75 Å². The topological polar surface area (TPSA) is 23.5 Å². The van der Waals surface area contributed by atoms with Crippen LogP contribution in [0.3, 0.4) is 0 Å². The number of nitrogens with zero attached hydrogens (tertiary/aromatic N) is 1. The first kappa shape index (κ1) is 16.9. The van der Waals surface area contributed by atoms with E-state index in [0.717, 1.165) is 24.5 Å². The summed E-state index contributed by atoms with van der Waals surface area (Å²) < 4.78 is 0. The van der Waals surface area contributed by atoms with Crippen LogP contribution in [0.2, 0.25) is 5.02 Å². The van der Waals surface area contributed by atoms with Crippen LogP contribution >= 0.6 is 11.6 Å². The number of phenols is 1. The number of benzene rings is 2. The molecule has 132 valence electrons. The highest BCUT2D eigenvalue weighted by Gasteiger charge is 2.43. The van der Waals surface area contributed by atoms with E-state index in [9.17, 15) is 5.11 Å². The summed E-state index contributed by atoms with van der Waals surface area (Å²) in [5.74, 6) is 0.402. The van der Waals surface area contributed by atoms with E-state index in [-0.39, 0.29) is 5.41 Å². The summed E-state index contributed by atoms with van der Waals surface area (Å²) in [7, 11) is 0. The van der Waals surface area contributed by atoms with Crippen molar-refractivity contribution in [2.75, 3.05) is 13.1 Å². The number of phenolic OH excluding ortho intramolecular Hbond substituents is 1. The Labute approximate surface area is 155 Å². The maximum atomic E-state index is 9.90. The SMILES string of the molecule is Oc1cccc([C@]23CCC[C@H](C2)N(CCc2ccc(Cl)cc2)CC3)c1. The molecule has 2 atom stereocenters. The smallest absolute Gasteiger partial charge is 0.115 e. The predicted molar refractivity (Wildman–Crippen MR) is 103 cm³/mol. The van der Waals surface area contributed by atoms with Crippen LogP contribution in [0.15, 0.2) is 48.5 Å². The van der Waals surface area contributed by atoms with Crippen molar-refractivity contribution in [3.8, 4) is 5.75 Å². The molecular formula is C22H26ClNO. The zero-order valence-corrected chi connectivity index (χ0v) is 15.4. The molecule has 1 saturated carbocycles. The van der Waals surface area contributed by atoms with Gasteiger partial charge in [0, 0.05) is 17.6 Å². The van der Waals surface area contributed by atoms with Crippen molar-refractivity contribution in [3.63, 3.8) is 0 Å². The van der Waals surface area contributed by atoms with Crippen molar-refractivity contribution < 1.29 is 5.11 Å². The van der Waals surface area contributed by atoms with Crippen LogP contribution in [-0.2, 0) is 11.8 Å². The van der Waals surface area contributed by atoms with Crippen molar-refractivity contribution >= 4 is 11.6 Å². The monoisotopic (exact) mass is 355 g/mol. The first-order valence-electron chi connectivity index (χ1n) is 9.43. The Hall–Kier alpha value is -1.51. The maximum absolute atomic E-state index is 9.90. The fourth-order valence-corrected chi connectivity index (χ4v) is 5.00. The molecule has 0 unspecified atom stereocenters. The Morgan fingerprint density at radius 2 is 1.96 bits per heavy atom. The summed E-state index contributed by atoms with van der Waals surface area (Å²) in [6.45, 7) is 2.29. The minimum absolute atomic E-state index is 0.276. The van der Waals surface area contributed by atoms with Gasteiger partial charge in [0.25, 0.3) is 0 Å². The Morgan fingerprint density at radius 1 is 1.12 bits per heavy atom. The number of rotatable bonds is 4. The average molecular weight is 356 g/mol. The Balaban J connectivity index is 1.44. The van der Waals surface area contributed by atoms with Gasteiger partial charge in [-0.2, -0.15) is 0 Å². The molecule has 1 N–H and O–H groups in total. The maximum Gasteiger partial charge on any atom is 0.115 e. The van der Waals surface area contributed by atoms with E-state index in [2.05, 4.69) is 23.1 Å².